The third kappa shape index (κ3) is 5.72. The van der Waals surface area contributed by atoms with Crippen LogP contribution in [0.1, 0.15) is 39.2 Å². The minimum absolute atomic E-state index is 0.122. The maximum absolute atomic E-state index is 12.0. The minimum atomic E-state index is -0.448. The van der Waals surface area contributed by atoms with E-state index in [0.29, 0.717) is 19.1 Å². The standard InChI is InChI=1S/C16H26N2O2/c1-4-6-12(2)11-20-13(3)16(19)18-15-8-5-7-14(9-15)10-17/h5,7-9,12-13H,4,6,10-11,17H2,1-3H3,(H,18,19). The highest BCUT2D eigenvalue weighted by atomic mass is 16.5. The summed E-state index contributed by atoms with van der Waals surface area (Å²) in [6, 6.07) is 7.54. The van der Waals surface area contributed by atoms with E-state index in [1.54, 1.807) is 6.92 Å². The van der Waals surface area contributed by atoms with Crippen LogP contribution >= 0.6 is 0 Å². The van der Waals surface area contributed by atoms with Crippen molar-refractivity contribution in [2.75, 3.05) is 11.9 Å². The molecule has 0 aliphatic heterocycles. The lowest BCUT2D eigenvalue weighted by atomic mass is 10.1. The lowest BCUT2D eigenvalue weighted by molar-refractivity contribution is -0.127. The number of carbonyl (C=O) groups is 1. The number of nitrogens with two attached hydrogens (primary N) is 1. The topological polar surface area (TPSA) is 64.3 Å². The highest BCUT2D eigenvalue weighted by Crippen LogP contribution is 2.12. The molecular weight excluding hydrogens is 252 g/mol. The number of hydrogen-bond donors (Lipinski definition) is 2. The Morgan fingerprint density at radius 1 is 1.40 bits per heavy atom. The van der Waals surface area contributed by atoms with Gasteiger partial charge < -0.3 is 15.8 Å². The van der Waals surface area contributed by atoms with Crippen molar-refractivity contribution >= 4 is 11.6 Å². The molecule has 1 aromatic rings. The van der Waals surface area contributed by atoms with Crippen LogP contribution in [-0.4, -0.2) is 18.6 Å². The van der Waals surface area contributed by atoms with Gasteiger partial charge in [-0.1, -0.05) is 32.4 Å². The van der Waals surface area contributed by atoms with Crippen LogP contribution in [0, 0.1) is 5.92 Å². The first kappa shape index (κ1) is 16.7. The molecule has 4 heteroatoms. The molecule has 0 aliphatic carbocycles. The van der Waals surface area contributed by atoms with Gasteiger partial charge in [0.05, 0.1) is 6.61 Å². The van der Waals surface area contributed by atoms with Crippen LogP contribution in [0.4, 0.5) is 5.69 Å². The van der Waals surface area contributed by atoms with Gasteiger partial charge in [0.2, 0.25) is 0 Å². The van der Waals surface area contributed by atoms with Crippen LogP contribution in [-0.2, 0) is 16.1 Å². The Hall–Kier alpha value is -1.39. The lowest BCUT2D eigenvalue weighted by Crippen LogP contribution is -2.29. The predicted molar refractivity (Wildman–Crippen MR) is 82.4 cm³/mol. The van der Waals surface area contributed by atoms with Gasteiger partial charge in [-0.2, -0.15) is 0 Å². The fourth-order valence-corrected chi connectivity index (χ4v) is 1.98. The number of carbonyl (C=O) groups excluding carboxylic acids is 1. The van der Waals surface area contributed by atoms with Gasteiger partial charge in [0, 0.05) is 12.2 Å². The van der Waals surface area contributed by atoms with Crippen LogP contribution in [0.5, 0.6) is 0 Å². The Balaban J connectivity index is 2.44. The van der Waals surface area contributed by atoms with Gasteiger partial charge in [-0.05, 0) is 37.0 Å². The average Bonchev–Trinajstić information content (AvgIpc) is 2.45. The number of ether oxygens (including phenoxy) is 1. The summed E-state index contributed by atoms with van der Waals surface area (Å²) < 4.78 is 5.61. The molecule has 0 heterocycles. The van der Waals surface area contributed by atoms with Crippen LogP contribution in [0.15, 0.2) is 24.3 Å². The van der Waals surface area contributed by atoms with E-state index in [1.165, 1.54) is 0 Å². The van der Waals surface area contributed by atoms with Gasteiger partial charge in [-0.3, -0.25) is 4.79 Å². The van der Waals surface area contributed by atoms with Gasteiger partial charge in [-0.15, -0.1) is 0 Å². The summed E-state index contributed by atoms with van der Waals surface area (Å²) in [5.74, 6) is 0.360. The maximum atomic E-state index is 12.0. The zero-order chi connectivity index (χ0) is 15.0. The molecule has 2 atom stereocenters. The number of rotatable bonds is 8. The van der Waals surface area contributed by atoms with Gasteiger partial charge in [0.15, 0.2) is 0 Å². The predicted octanol–water partition coefficient (Wildman–Crippen LogP) is 2.93. The Labute approximate surface area is 121 Å². The first-order chi connectivity index (χ1) is 9.56. The maximum Gasteiger partial charge on any atom is 0.253 e. The molecule has 1 aromatic carbocycles. The van der Waals surface area contributed by atoms with Crippen LogP contribution in [0.25, 0.3) is 0 Å². The van der Waals surface area contributed by atoms with Crippen molar-refractivity contribution in [2.24, 2.45) is 11.7 Å². The Morgan fingerprint density at radius 2 is 2.15 bits per heavy atom. The second-order valence-electron chi connectivity index (χ2n) is 5.26. The summed E-state index contributed by atoms with van der Waals surface area (Å²) in [4.78, 5) is 12.0. The van der Waals surface area contributed by atoms with E-state index in [9.17, 15) is 4.79 Å². The van der Waals surface area contributed by atoms with E-state index in [2.05, 4.69) is 19.2 Å². The summed E-state index contributed by atoms with van der Waals surface area (Å²) in [5, 5.41) is 2.85. The molecule has 0 spiro atoms. The summed E-state index contributed by atoms with van der Waals surface area (Å²) in [7, 11) is 0. The molecule has 0 bridgehead atoms. The van der Waals surface area contributed by atoms with E-state index in [4.69, 9.17) is 10.5 Å². The zero-order valence-corrected chi connectivity index (χ0v) is 12.7. The smallest absolute Gasteiger partial charge is 0.253 e. The number of hydrogen-bond acceptors (Lipinski definition) is 3. The van der Waals surface area contributed by atoms with Crippen molar-refractivity contribution < 1.29 is 9.53 Å². The van der Waals surface area contributed by atoms with Gasteiger partial charge >= 0.3 is 0 Å². The molecule has 112 valence electrons. The molecule has 4 nitrogen and oxygen atoms in total. The first-order valence-corrected chi connectivity index (χ1v) is 7.28. The molecule has 3 N–H and O–H groups in total. The van der Waals surface area contributed by atoms with Crippen LogP contribution in [0.2, 0.25) is 0 Å². The quantitative estimate of drug-likeness (QED) is 0.768. The Morgan fingerprint density at radius 3 is 2.80 bits per heavy atom. The van der Waals surface area contributed by atoms with E-state index in [0.717, 1.165) is 24.1 Å². The van der Waals surface area contributed by atoms with Crippen molar-refractivity contribution in [3.63, 3.8) is 0 Å². The molecule has 0 saturated carbocycles. The minimum Gasteiger partial charge on any atom is -0.368 e. The van der Waals surface area contributed by atoms with Crippen molar-refractivity contribution in [1.82, 2.24) is 0 Å². The van der Waals surface area contributed by atoms with E-state index >= 15 is 0 Å². The number of nitrogens with one attached hydrogen (secondary N) is 1. The van der Waals surface area contributed by atoms with Gasteiger partial charge in [0.1, 0.15) is 6.10 Å². The van der Waals surface area contributed by atoms with Crippen molar-refractivity contribution in [3.8, 4) is 0 Å². The third-order valence-corrected chi connectivity index (χ3v) is 3.21. The second-order valence-corrected chi connectivity index (χ2v) is 5.26. The molecular formula is C16H26N2O2. The molecule has 0 radical (unpaired) electrons. The fraction of sp³-hybridized carbons (Fsp3) is 0.562. The molecule has 0 fully saturated rings. The summed E-state index contributed by atoms with van der Waals surface area (Å²) >= 11 is 0. The average molecular weight is 278 g/mol. The summed E-state index contributed by atoms with van der Waals surface area (Å²) in [5.41, 5.74) is 7.33. The number of amides is 1. The summed E-state index contributed by atoms with van der Waals surface area (Å²) in [6.07, 6.45) is 1.81. The molecule has 0 saturated heterocycles. The van der Waals surface area contributed by atoms with E-state index < -0.39 is 6.10 Å². The SMILES string of the molecule is CCCC(C)COC(C)C(=O)Nc1cccc(CN)c1. The largest absolute Gasteiger partial charge is 0.368 e. The highest BCUT2D eigenvalue weighted by molar-refractivity contribution is 5.93. The molecule has 1 rings (SSSR count). The van der Waals surface area contributed by atoms with Gasteiger partial charge in [-0.25, -0.2) is 0 Å². The zero-order valence-electron chi connectivity index (χ0n) is 12.7. The monoisotopic (exact) mass is 278 g/mol. The van der Waals surface area contributed by atoms with Gasteiger partial charge in [0.25, 0.3) is 5.91 Å². The highest BCUT2D eigenvalue weighted by Gasteiger charge is 2.14. The Bertz CT molecular complexity index is 421. The van der Waals surface area contributed by atoms with Crippen LogP contribution in [0.3, 0.4) is 0 Å². The molecule has 20 heavy (non-hydrogen) atoms. The normalized spacial score (nSPS) is 13.8. The first-order valence-electron chi connectivity index (χ1n) is 7.28. The lowest BCUT2D eigenvalue weighted by Gasteiger charge is -2.16. The van der Waals surface area contributed by atoms with Crippen molar-refractivity contribution in [3.05, 3.63) is 29.8 Å². The summed E-state index contributed by atoms with van der Waals surface area (Å²) in [6.45, 7) is 7.15. The molecule has 0 aliphatic rings. The molecule has 0 aromatic heterocycles. The number of benzene rings is 1. The van der Waals surface area contributed by atoms with E-state index in [1.807, 2.05) is 24.3 Å². The Kier molecular flexibility index (Phi) is 7.26. The fourth-order valence-electron chi connectivity index (χ4n) is 1.98. The van der Waals surface area contributed by atoms with Crippen LogP contribution < -0.4 is 11.1 Å². The molecule has 2 unspecified atom stereocenters. The third-order valence-electron chi connectivity index (χ3n) is 3.21. The van der Waals surface area contributed by atoms with E-state index in [-0.39, 0.29) is 5.91 Å². The van der Waals surface area contributed by atoms with Crippen molar-refractivity contribution in [2.45, 2.75) is 46.3 Å². The second kappa shape index (κ2) is 8.72. The number of anilines is 1. The van der Waals surface area contributed by atoms with Crippen molar-refractivity contribution in [1.29, 1.82) is 0 Å². The molecule has 1 amide bonds.